The van der Waals surface area contributed by atoms with Gasteiger partial charge in [0.25, 0.3) is 5.91 Å². The molecule has 0 radical (unpaired) electrons. The molecular weight excluding hydrogens is 246 g/mol. The predicted octanol–water partition coefficient (Wildman–Crippen LogP) is 0.315. The zero-order valence-corrected chi connectivity index (χ0v) is 11.0. The Kier molecular flexibility index (Phi) is 3.90. The van der Waals surface area contributed by atoms with Gasteiger partial charge in [-0.15, -0.1) is 0 Å². The topological polar surface area (TPSA) is 97.4 Å². The van der Waals surface area contributed by atoms with E-state index in [4.69, 9.17) is 10.2 Å². The second-order valence-corrected chi connectivity index (χ2v) is 4.95. The zero-order valence-electron chi connectivity index (χ0n) is 11.0. The number of amides is 2. The van der Waals surface area contributed by atoms with Gasteiger partial charge in [-0.25, -0.2) is 0 Å². The van der Waals surface area contributed by atoms with Gasteiger partial charge in [-0.1, -0.05) is 0 Å². The van der Waals surface area contributed by atoms with E-state index < -0.39 is 5.54 Å². The van der Waals surface area contributed by atoms with Crippen LogP contribution in [0.2, 0.25) is 0 Å². The van der Waals surface area contributed by atoms with Crippen molar-refractivity contribution in [3.8, 4) is 0 Å². The van der Waals surface area contributed by atoms with Crippen LogP contribution in [0, 0.1) is 6.92 Å². The lowest BCUT2D eigenvalue weighted by atomic mass is 10.2. The molecule has 0 atom stereocenters. The van der Waals surface area contributed by atoms with E-state index in [-0.39, 0.29) is 11.8 Å². The summed E-state index contributed by atoms with van der Waals surface area (Å²) in [5, 5.41) is 5.51. The summed E-state index contributed by atoms with van der Waals surface area (Å²) in [5.74, 6) is 0.00921. The Labute approximate surface area is 111 Å². The molecule has 19 heavy (non-hydrogen) atoms. The van der Waals surface area contributed by atoms with Crippen LogP contribution in [0.1, 0.15) is 35.4 Å². The second-order valence-electron chi connectivity index (χ2n) is 4.95. The van der Waals surface area contributed by atoms with Crippen LogP contribution in [0.5, 0.6) is 0 Å². The van der Waals surface area contributed by atoms with Crippen molar-refractivity contribution in [2.75, 3.05) is 13.1 Å². The van der Waals surface area contributed by atoms with Gasteiger partial charge in [-0.3, -0.25) is 9.59 Å². The first kappa shape index (κ1) is 13.6. The lowest BCUT2D eigenvalue weighted by Crippen LogP contribution is -2.43. The van der Waals surface area contributed by atoms with E-state index in [9.17, 15) is 9.59 Å². The van der Waals surface area contributed by atoms with E-state index >= 15 is 0 Å². The molecule has 1 aromatic rings. The Morgan fingerprint density at radius 3 is 2.63 bits per heavy atom. The van der Waals surface area contributed by atoms with Gasteiger partial charge < -0.3 is 20.8 Å². The molecule has 2 rings (SSSR count). The van der Waals surface area contributed by atoms with Crippen molar-refractivity contribution in [3.63, 3.8) is 0 Å². The minimum atomic E-state index is -0.630. The zero-order chi connectivity index (χ0) is 13.9. The van der Waals surface area contributed by atoms with Crippen molar-refractivity contribution in [2.45, 2.75) is 31.7 Å². The van der Waals surface area contributed by atoms with Gasteiger partial charge in [0.15, 0.2) is 5.76 Å². The molecule has 1 heterocycles. The quantitative estimate of drug-likeness (QED) is 0.645. The monoisotopic (exact) mass is 265 g/mol. The number of hydrogen-bond donors (Lipinski definition) is 3. The molecule has 0 unspecified atom stereocenters. The van der Waals surface area contributed by atoms with Crippen LogP contribution in [0.25, 0.3) is 0 Å². The maximum Gasteiger partial charge on any atom is 0.287 e. The molecule has 1 fully saturated rings. The normalized spacial score (nSPS) is 15.9. The highest BCUT2D eigenvalue weighted by molar-refractivity contribution is 5.92. The summed E-state index contributed by atoms with van der Waals surface area (Å²) in [6.07, 6.45) is 3.66. The molecule has 6 nitrogen and oxygen atoms in total. The van der Waals surface area contributed by atoms with E-state index in [1.165, 1.54) is 6.26 Å². The summed E-state index contributed by atoms with van der Waals surface area (Å²) < 4.78 is 5.08. The summed E-state index contributed by atoms with van der Waals surface area (Å²) in [4.78, 5) is 23.2. The molecule has 0 aromatic carbocycles. The minimum Gasteiger partial charge on any atom is -0.459 e. The van der Waals surface area contributed by atoms with E-state index in [1.54, 1.807) is 6.07 Å². The number of carbonyl (C=O) groups is 2. The Balaban J connectivity index is 1.61. The summed E-state index contributed by atoms with van der Waals surface area (Å²) >= 11 is 0. The molecular formula is C13H19N3O3. The van der Waals surface area contributed by atoms with Crippen LogP contribution >= 0.6 is 0 Å². The Morgan fingerprint density at radius 1 is 1.37 bits per heavy atom. The van der Waals surface area contributed by atoms with Crippen molar-refractivity contribution >= 4 is 11.8 Å². The SMILES string of the molecule is Cc1ccoc1C(=O)NCCCNC(=O)C1(N)CC1. The molecule has 0 aliphatic heterocycles. The summed E-state index contributed by atoms with van der Waals surface area (Å²) in [6, 6.07) is 1.74. The molecule has 0 saturated heterocycles. The minimum absolute atomic E-state index is 0.0966. The van der Waals surface area contributed by atoms with Crippen molar-refractivity contribution in [1.82, 2.24) is 10.6 Å². The molecule has 1 saturated carbocycles. The molecule has 2 amide bonds. The maximum atomic E-state index is 11.7. The summed E-state index contributed by atoms with van der Waals surface area (Å²) in [6.45, 7) is 2.81. The second kappa shape index (κ2) is 5.44. The first-order chi connectivity index (χ1) is 9.03. The van der Waals surface area contributed by atoms with Gasteiger partial charge >= 0.3 is 0 Å². The number of nitrogens with one attached hydrogen (secondary N) is 2. The average molecular weight is 265 g/mol. The van der Waals surface area contributed by atoms with Gasteiger partial charge in [0.1, 0.15) is 0 Å². The smallest absolute Gasteiger partial charge is 0.287 e. The van der Waals surface area contributed by atoms with Gasteiger partial charge in [0.05, 0.1) is 11.8 Å². The highest BCUT2D eigenvalue weighted by Crippen LogP contribution is 2.31. The van der Waals surface area contributed by atoms with Crippen molar-refractivity contribution in [1.29, 1.82) is 0 Å². The van der Waals surface area contributed by atoms with E-state index in [1.807, 2.05) is 6.92 Å². The molecule has 1 aliphatic carbocycles. The van der Waals surface area contributed by atoms with Gasteiger partial charge in [-0.05, 0) is 32.3 Å². The third-order valence-corrected chi connectivity index (χ3v) is 3.23. The van der Waals surface area contributed by atoms with Crippen molar-refractivity contribution < 1.29 is 14.0 Å². The predicted molar refractivity (Wildman–Crippen MR) is 69.6 cm³/mol. The number of furan rings is 1. The van der Waals surface area contributed by atoms with Gasteiger partial charge in [0.2, 0.25) is 5.91 Å². The van der Waals surface area contributed by atoms with Crippen molar-refractivity contribution in [2.24, 2.45) is 5.73 Å². The molecule has 6 heteroatoms. The molecule has 0 bridgehead atoms. The first-order valence-corrected chi connectivity index (χ1v) is 6.42. The van der Waals surface area contributed by atoms with Crippen LogP contribution in [0.15, 0.2) is 16.7 Å². The average Bonchev–Trinajstić information content (AvgIpc) is 2.98. The fraction of sp³-hybridized carbons (Fsp3) is 0.538. The fourth-order valence-electron chi connectivity index (χ4n) is 1.72. The molecule has 0 spiro atoms. The largest absolute Gasteiger partial charge is 0.459 e. The molecule has 104 valence electrons. The van der Waals surface area contributed by atoms with Crippen LogP contribution in [-0.4, -0.2) is 30.4 Å². The fourth-order valence-corrected chi connectivity index (χ4v) is 1.72. The summed E-state index contributed by atoms with van der Waals surface area (Å²) in [5.41, 5.74) is 5.92. The number of nitrogens with two attached hydrogens (primary N) is 1. The van der Waals surface area contributed by atoms with Crippen LogP contribution < -0.4 is 16.4 Å². The number of hydrogen-bond acceptors (Lipinski definition) is 4. The highest BCUT2D eigenvalue weighted by atomic mass is 16.3. The third kappa shape index (κ3) is 3.35. The lowest BCUT2D eigenvalue weighted by molar-refractivity contribution is -0.123. The van der Waals surface area contributed by atoms with Crippen LogP contribution in [0.4, 0.5) is 0 Å². The van der Waals surface area contributed by atoms with E-state index in [0.717, 1.165) is 18.4 Å². The highest BCUT2D eigenvalue weighted by Gasteiger charge is 2.45. The first-order valence-electron chi connectivity index (χ1n) is 6.42. The molecule has 1 aromatic heterocycles. The lowest BCUT2D eigenvalue weighted by Gasteiger charge is -2.10. The van der Waals surface area contributed by atoms with Gasteiger partial charge in [-0.2, -0.15) is 0 Å². The molecule has 4 N–H and O–H groups in total. The maximum absolute atomic E-state index is 11.7. The van der Waals surface area contributed by atoms with E-state index in [2.05, 4.69) is 10.6 Å². The van der Waals surface area contributed by atoms with Crippen LogP contribution in [0.3, 0.4) is 0 Å². The Morgan fingerprint density at radius 2 is 2.05 bits per heavy atom. The Hall–Kier alpha value is -1.82. The standard InChI is InChI=1S/C13H19N3O3/c1-9-3-8-19-10(9)11(17)15-6-2-7-16-12(18)13(14)4-5-13/h3,8H,2,4-7,14H2,1H3,(H,15,17)(H,16,18). The molecule has 1 aliphatic rings. The number of carbonyl (C=O) groups excluding carboxylic acids is 2. The van der Waals surface area contributed by atoms with Crippen molar-refractivity contribution in [3.05, 3.63) is 23.7 Å². The third-order valence-electron chi connectivity index (χ3n) is 3.23. The summed E-state index contributed by atoms with van der Waals surface area (Å²) in [7, 11) is 0. The van der Waals surface area contributed by atoms with E-state index in [0.29, 0.717) is 25.3 Å². The Bertz CT molecular complexity index is 477. The number of rotatable bonds is 6. The number of aryl methyl sites for hydroxylation is 1. The van der Waals surface area contributed by atoms with Crippen LogP contribution in [-0.2, 0) is 4.79 Å². The van der Waals surface area contributed by atoms with Gasteiger partial charge in [0, 0.05) is 18.7 Å².